The number of carboxylic acids is 1. The van der Waals surface area contributed by atoms with Crippen LogP contribution in [-0.4, -0.2) is 31.3 Å². The van der Waals surface area contributed by atoms with Gasteiger partial charge in [-0.05, 0) is 19.8 Å². The van der Waals surface area contributed by atoms with E-state index in [9.17, 15) is 13.2 Å². The van der Waals surface area contributed by atoms with Crippen LogP contribution in [0.25, 0.3) is 0 Å². The van der Waals surface area contributed by atoms with Gasteiger partial charge < -0.3 is 5.11 Å². The van der Waals surface area contributed by atoms with Crippen LogP contribution >= 0.6 is 0 Å². The Morgan fingerprint density at radius 1 is 1.64 bits per heavy atom. The quantitative estimate of drug-likeness (QED) is 0.480. The summed E-state index contributed by atoms with van der Waals surface area (Å²) in [4.78, 5) is 10.4. The highest BCUT2D eigenvalue weighted by molar-refractivity contribution is 7.89. The summed E-state index contributed by atoms with van der Waals surface area (Å²) >= 11 is 0. The summed E-state index contributed by atoms with van der Waals surface area (Å²) in [6.07, 6.45) is 2.67. The predicted octanol–water partition coefficient (Wildman–Crippen LogP) is 0.345. The van der Waals surface area contributed by atoms with Crippen LogP contribution in [0.3, 0.4) is 0 Å². The summed E-state index contributed by atoms with van der Waals surface area (Å²) in [5, 5.41) is 8.47. The van der Waals surface area contributed by atoms with E-state index < -0.39 is 22.0 Å². The van der Waals surface area contributed by atoms with Crippen LogP contribution in [0, 0.1) is 0 Å². The van der Waals surface area contributed by atoms with Gasteiger partial charge in [0, 0.05) is 0 Å². The average molecular weight is 221 g/mol. The van der Waals surface area contributed by atoms with Gasteiger partial charge >= 0.3 is 5.97 Å². The molecule has 0 spiro atoms. The lowest BCUT2D eigenvalue weighted by Gasteiger charge is -2.09. The SMILES string of the molecule is C=CCCCS(=O)(=O)N[C@@H](C)C(=O)O. The Morgan fingerprint density at radius 3 is 2.64 bits per heavy atom. The Kier molecular flexibility index (Phi) is 5.40. The molecule has 0 unspecified atom stereocenters. The number of carboxylic acid groups (broad SMARTS) is 1. The summed E-state index contributed by atoms with van der Waals surface area (Å²) in [5.41, 5.74) is 0. The highest BCUT2D eigenvalue weighted by atomic mass is 32.2. The zero-order chi connectivity index (χ0) is 11.2. The second-order valence-electron chi connectivity index (χ2n) is 2.93. The topological polar surface area (TPSA) is 83.5 Å². The minimum atomic E-state index is -3.48. The van der Waals surface area contributed by atoms with E-state index in [1.165, 1.54) is 6.92 Å². The van der Waals surface area contributed by atoms with Gasteiger partial charge in [-0.2, -0.15) is 0 Å². The van der Waals surface area contributed by atoms with Crippen LogP contribution in [0.5, 0.6) is 0 Å². The summed E-state index contributed by atoms with van der Waals surface area (Å²) < 4.78 is 24.5. The van der Waals surface area contributed by atoms with Crippen molar-refractivity contribution in [3.8, 4) is 0 Å². The lowest BCUT2D eigenvalue weighted by molar-refractivity contribution is -0.138. The lowest BCUT2D eigenvalue weighted by atomic mass is 10.3. The molecule has 0 bridgehead atoms. The molecule has 0 amide bonds. The molecule has 0 aromatic heterocycles. The molecule has 0 aromatic rings. The van der Waals surface area contributed by atoms with Gasteiger partial charge in [0.05, 0.1) is 5.75 Å². The predicted molar refractivity (Wildman–Crippen MR) is 53.5 cm³/mol. The molecule has 0 aliphatic carbocycles. The summed E-state index contributed by atoms with van der Waals surface area (Å²) in [6, 6.07) is -1.08. The molecule has 0 aromatic carbocycles. The summed E-state index contributed by atoms with van der Waals surface area (Å²) in [7, 11) is -3.48. The zero-order valence-electron chi connectivity index (χ0n) is 8.06. The molecular formula is C8H15NO4S. The molecule has 5 nitrogen and oxygen atoms in total. The molecule has 82 valence electrons. The van der Waals surface area contributed by atoms with Gasteiger partial charge in [0.15, 0.2) is 0 Å². The highest BCUT2D eigenvalue weighted by Gasteiger charge is 2.18. The van der Waals surface area contributed by atoms with E-state index in [2.05, 4.69) is 11.3 Å². The van der Waals surface area contributed by atoms with Crippen molar-refractivity contribution < 1.29 is 18.3 Å². The number of unbranched alkanes of at least 4 members (excludes halogenated alkanes) is 1. The maximum Gasteiger partial charge on any atom is 0.321 e. The third-order valence-electron chi connectivity index (χ3n) is 1.55. The number of aliphatic carboxylic acids is 1. The number of carbonyl (C=O) groups is 1. The number of hydrogen-bond acceptors (Lipinski definition) is 3. The van der Waals surface area contributed by atoms with E-state index in [4.69, 9.17) is 5.11 Å². The molecule has 0 saturated carbocycles. The van der Waals surface area contributed by atoms with E-state index in [0.29, 0.717) is 12.8 Å². The molecule has 0 heterocycles. The van der Waals surface area contributed by atoms with Crippen LogP contribution in [-0.2, 0) is 14.8 Å². The minimum absolute atomic E-state index is 0.0728. The smallest absolute Gasteiger partial charge is 0.321 e. The first-order valence-electron chi connectivity index (χ1n) is 4.23. The van der Waals surface area contributed by atoms with Crippen LogP contribution in [0.1, 0.15) is 19.8 Å². The number of sulfonamides is 1. The van der Waals surface area contributed by atoms with Crippen molar-refractivity contribution in [3.05, 3.63) is 12.7 Å². The molecule has 0 radical (unpaired) electrons. The third-order valence-corrected chi connectivity index (χ3v) is 3.09. The van der Waals surface area contributed by atoms with E-state index in [1.54, 1.807) is 6.08 Å². The molecule has 6 heteroatoms. The van der Waals surface area contributed by atoms with Crippen LogP contribution in [0.2, 0.25) is 0 Å². The molecule has 1 atom stereocenters. The first-order chi connectivity index (χ1) is 6.39. The minimum Gasteiger partial charge on any atom is -0.480 e. The summed E-state index contributed by atoms with van der Waals surface area (Å²) in [6.45, 7) is 4.75. The van der Waals surface area contributed by atoms with Crippen molar-refractivity contribution in [1.82, 2.24) is 4.72 Å². The Labute approximate surface area is 83.9 Å². The number of nitrogens with one attached hydrogen (secondary N) is 1. The van der Waals surface area contributed by atoms with E-state index in [1.807, 2.05) is 0 Å². The van der Waals surface area contributed by atoms with Crippen molar-refractivity contribution in [2.24, 2.45) is 0 Å². The van der Waals surface area contributed by atoms with Gasteiger partial charge in [-0.3, -0.25) is 4.79 Å². The molecule has 0 rings (SSSR count). The monoisotopic (exact) mass is 221 g/mol. The second-order valence-corrected chi connectivity index (χ2v) is 4.80. The Bertz CT molecular complexity index is 296. The average Bonchev–Trinajstić information content (AvgIpc) is 2.03. The van der Waals surface area contributed by atoms with E-state index in [0.717, 1.165) is 0 Å². The van der Waals surface area contributed by atoms with Crippen molar-refractivity contribution in [2.75, 3.05) is 5.75 Å². The van der Waals surface area contributed by atoms with Gasteiger partial charge in [-0.1, -0.05) is 6.08 Å². The molecule has 0 aliphatic heterocycles. The fraction of sp³-hybridized carbons (Fsp3) is 0.625. The van der Waals surface area contributed by atoms with Gasteiger partial charge in [0.2, 0.25) is 10.0 Å². The van der Waals surface area contributed by atoms with Gasteiger partial charge in [-0.15, -0.1) is 6.58 Å². The molecule has 2 N–H and O–H groups in total. The maximum atomic E-state index is 11.2. The largest absolute Gasteiger partial charge is 0.480 e. The highest BCUT2D eigenvalue weighted by Crippen LogP contribution is 1.96. The van der Waals surface area contributed by atoms with E-state index in [-0.39, 0.29) is 5.75 Å². The fourth-order valence-electron chi connectivity index (χ4n) is 0.796. The molecule has 0 fully saturated rings. The normalized spacial score (nSPS) is 13.5. The van der Waals surface area contributed by atoms with Crippen LogP contribution in [0.4, 0.5) is 0 Å². The van der Waals surface area contributed by atoms with Crippen molar-refractivity contribution in [2.45, 2.75) is 25.8 Å². The first kappa shape index (κ1) is 13.1. The van der Waals surface area contributed by atoms with Crippen molar-refractivity contribution >= 4 is 16.0 Å². The number of rotatable bonds is 7. The van der Waals surface area contributed by atoms with Gasteiger partial charge in [-0.25, -0.2) is 13.1 Å². The van der Waals surface area contributed by atoms with Gasteiger partial charge in [0.25, 0.3) is 0 Å². The Morgan fingerprint density at radius 2 is 2.21 bits per heavy atom. The number of allylic oxidation sites excluding steroid dienone is 1. The molecule has 14 heavy (non-hydrogen) atoms. The third kappa shape index (κ3) is 5.71. The Balaban J connectivity index is 4.07. The lowest BCUT2D eigenvalue weighted by Crippen LogP contribution is -2.39. The molecule has 0 aliphatic rings. The van der Waals surface area contributed by atoms with Crippen molar-refractivity contribution in [3.63, 3.8) is 0 Å². The van der Waals surface area contributed by atoms with E-state index >= 15 is 0 Å². The maximum absolute atomic E-state index is 11.2. The van der Waals surface area contributed by atoms with Crippen molar-refractivity contribution in [1.29, 1.82) is 0 Å². The Hall–Kier alpha value is -0.880. The second kappa shape index (κ2) is 5.77. The molecule has 0 saturated heterocycles. The fourth-order valence-corrected chi connectivity index (χ4v) is 2.10. The number of hydrogen-bond donors (Lipinski definition) is 2. The van der Waals surface area contributed by atoms with Crippen LogP contribution < -0.4 is 4.72 Å². The zero-order valence-corrected chi connectivity index (χ0v) is 8.88. The van der Waals surface area contributed by atoms with Crippen LogP contribution in [0.15, 0.2) is 12.7 Å². The summed E-state index contributed by atoms with van der Waals surface area (Å²) in [5.74, 6) is -1.26. The molecular weight excluding hydrogens is 206 g/mol. The standard InChI is InChI=1S/C8H15NO4S/c1-3-4-5-6-14(12,13)9-7(2)8(10)11/h3,7,9H,1,4-6H2,2H3,(H,10,11)/t7-/m0/s1. The first-order valence-corrected chi connectivity index (χ1v) is 5.88. The van der Waals surface area contributed by atoms with Gasteiger partial charge in [0.1, 0.15) is 6.04 Å².